The molecule has 190 valence electrons. The molecule has 4 unspecified atom stereocenters. The summed E-state index contributed by atoms with van der Waals surface area (Å²) in [6.45, 7) is 1.15. The molecule has 36 heavy (non-hydrogen) atoms. The van der Waals surface area contributed by atoms with Crippen LogP contribution >= 0.6 is 0 Å². The van der Waals surface area contributed by atoms with Crippen LogP contribution in [0.25, 0.3) is 0 Å². The number of ether oxygens (including phenoxy) is 7. The molecule has 6 atom stereocenters. The van der Waals surface area contributed by atoms with Gasteiger partial charge in [0.25, 0.3) is 0 Å². The molecule has 0 aliphatic carbocycles. The molecule has 0 spiro atoms. The molecular formula is C29H32O7. The van der Waals surface area contributed by atoms with Crippen molar-refractivity contribution in [2.75, 3.05) is 20.8 Å². The molecule has 3 aromatic rings. The second-order valence-corrected chi connectivity index (χ2v) is 8.84. The summed E-state index contributed by atoms with van der Waals surface area (Å²) in [4.78, 5) is 0. The van der Waals surface area contributed by atoms with Crippen LogP contribution in [0, 0.1) is 0 Å². The molecule has 2 aliphatic rings. The fourth-order valence-corrected chi connectivity index (χ4v) is 4.57. The maximum absolute atomic E-state index is 6.51. The Balaban J connectivity index is 1.38. The highest BCUT2D eigenvalue weighted by Gasteiger charge is 2.51. The van der Waals surface area contributed by atoms with Gasteiger partial charge in [-0.2, -0.15) is 0 Å². The van der Waals surface area contributed by atoms with E-state index in [1.54, 1.807) is 14.2 Å². The van der Waals surface area contributed by atoms with E-state index in [0.717, 1.165) is 22.4 Å². The number of benzene rings is 3. The van der Waals surface area contributed by atoms with E-state index in [1.165, 1.54) is 0 Å². The molecule has 0 bridgehead atoms. The number of hydrogen-bond acceptors (Lipinski definition) is 7. The average molecular weight is 493 g/mol. The van der Waals surface area contributed by atoms with Crippen LogP contribution in [0.2, 0.25) is 0 Å². The molecule has 5 rings (SSSR count). The Kier molecular flexibility index (Phi) is 8.28. The Bertz CT molecular complexity index is 1060. The van der Waals surface area contributed by atoms with E-state index in [-0.39, 0.29) is 6.10 Å². The molecule has 0 radical (unpaired) electrons. The van der Waals surface area contributed by atoms with Crippen molar-refractivity contribution >= 4 is 0 Å². The molecule has 7 heteroatoms. The van der Waals surface area contributed by atoms with Crippen molar-refractivity contribution in [1.29, 1.82) is 0 Å². The summed E-state index contributed by atoms with van der Waals surface area (Å²) in [5.41, 5.74) is 3.02. The molecule has 2 saturated heterocycles. The van der Waals surface area contributed by atoms with Crippen LogP contribution in [0.5, 0.6) is 5.75 Å². The predicted molar refractivity (Wildman–Crippen MR) is 132 cm³/mol. The minimum Gasteiger partial charge on any atom is -0.497 e. The number of rotatable bonds is 9. The standard InChI is InChI=1S/C29H32O7/c1-30-23-15-13-22(14-16-23)28-34-19-24-25(36-28)26(32-17-20-9-5-3-6-10-20)27(29(31-2)35-24)33-18-21-11-7-4-8-12-21/h3-16,24-29H,17-19H2,1-2H3/t24?,25-,26?,27?,28?,29+/m1/s1. The fourth-order valence-electron chi connectivity index (χ4n) is 4.57. The molecule has 7 nitrogen and oxygen atoms in total. The maximum atomic E-state index is 6.51. The largest absolute Gasteiger partial charge is 0.497 e. The summed E-state index contributed by atoms with van der Waals surface area (Å²) in [5, 5.41) is 0. The van der Waals surface area contributed by atoms with Crippen LogP contribution in [0.4, 0.5) is 0 Å². The molecule has 2 aliphatic heterocycles. The number of hydrogen-bond donors (Lipinski definition) is 0. The van der Waals surface area contributed by atoms with Crippen molar-refractivity contribution in [3.8, 4) is 5.75 Å². The lowest BCUT2D eigenvalue weighted by Gasteiger charge is -2.48. The zero-order valence-corrected chi connectivity index (χ0v) is 20.5. The van der Waals surface area contributed by atoms with Gasteiger partial charge in [0, 0.05) is 12.7 Å². The van der Waals surface area contributed by atoms with Crippen molar-refractivity contribution < 1.29 is 33.2 Å². The Morgan fingerprint density at radius 3 is 1.92 bits per heavy atom. The smallest absolute Gasteiger partial charge is 0.186 e. The van der Waals surface area contributed by atoms with Crippen LogP contribution in [-0.2, 0) is 41.6 Å². The highest BCUT2D eigenvalue weighted by Crippen LogP contribution is 2.37. The lowest BCUT2D eigenvalue weighted by Crippen LogP contribution is -2.63. The number of methoxy groups -OCH3 is 2. The monoisotopic (exact) mass is 492 g/mol. The molecule has 2 fully saturated rings. The number of fused-ring (bicyclic) bond motifs is 1. The predicted octanol–water partition coefficient (Wildman–Crippen LogP) is 4.65. The quantitative estimate of drug-likeness (QED) is 0.431. The van der Waals surface area contributed by atoms with Crippen molar-refractivity contribution in [1.82, 2.24) is 0 Å². The lowest BCUT2D eigenvalue weighted by molar-refractivity contribution is -0.369. The fraction of sp³-hybridized carbons (Fsp3) is 0.379. The summed E-state index contributed by atoms with van der Waals surface area (Å²) in [6.07, 6.45) is -2.90. The van der Waals surface area contributed by atoms with E-state index >= 15 is 0 Å². The van der Waals surface area contributed by atoms with E-state index in [4.69, 9.17) is 33.2 Å². The maximum Gasteiger partial charge on any atom is 0.186 e. The molecular weight excluding hydrogens is 460 g/mol. The summed E-state index contributed by atoms with van der Waals surface area (Å²) in [6, 6.07) is 27.7. The Labute approximate surface area is 211 Å². The zero-order chi connectivity index (χ0) is 24.7. The molecule has 0 saturated carbocycles. The first kappa shape index (κ1) is 24.9. The molecule has 3 aromatic carbocycles. The first-order chi connectivity index (χ1) is 17.7. The van der Waals surface area contributed by atoms with Gasteiger partial charge in [-0.25, -0.2) is 0 Å². The third-order valence-corrected chi connectivity index (χ3v) is 6.47. The molecule has 0 aromatic heterocycles. The van der Waals surface area contributed by atoms with Gasteiger partial charge in [-0.05, 0) is 23.3 Å². The highest BCUT2D eigenvalue weighted by atomic mass is 16.8. The summed E-state index contributed by atoms with van der Waals surface area (Å²) < 4.78 is 42.6. The lowest BCUT2D eigenvalue weighted by atomic mass is 9.97. The van der Waals surface area contributed by atoms with Crippen molar-refractivity contribution in [3.05, 3.63) is 102 Å². The third kappa shape index (κ3) is 5.78. The van der Waals surface area contributed by atoms with Gasteiger partial charge in [-0.1, -0.05) is 72.8 Å². The van der Waals surface area contributed by atoms with Crippen LogP contribution in [0.3, 0.4) is 0 Å². The Hall–Kier alpha value is -2.78. The topological polar surface area (TPSA) is 64.6 Å². The van der Waals surface area contributed by atoms with Gasteiger partial charge in [0.1, 0.15) is 30.2 Å². The van der Waals surface area contributed by atoms with Gasteiger partial charge in [0.15, 0.2) is 12.6 Å². The second kappa shape index (κ2) is 12.0. The van der Waals surface area contributed by atoms with E-state index in [2.05, 4.69) is 0 Å². The molecule has 2 heterocycles. The van der Waals surface area contributed by atoms with Gasteiger partial charge in [0.05, 0.1) is 26.9 Å². The Morgan fingerprint density at radius 1 is 0.722 bits per heavy atom. The Morgan fingerprint density at radius 2 is 1.33 bits per heavy atom. The van der Waals surface area contributed by atoms with Crippen LogP contribution in [-0.4, -0.2) is 51.5 Å². The van der Waals surface area contributed by atoms with Crippen molar-refractivity contribution in [2.24, 2.45) is 0 Å². The van der Waals surface area contributed by atoms with E-state index in [1.807, 2.05) is 84.9 Å². The minimum atomic E-state index is -0.625. The van der Waals surface area contributed by atoms with Gasteiger partial charge < -0.3 is 33.2 Å². The SMILES string of the molecule is COc1ccc(C2OCC3O[C@H](OC)C(OCc4ccccc4)C(OCc4ccccc4)[C@@H]3O2)cc1. The molecule has 0 amide bonds. The van der Waals surface area contributed by atoms with Crippen LogP contribution in [0.15, 0.2) is 84.9 Å². The van der Waals surface area contributed by atoms with Crippen molar-refractivity contribution in [2.45, 2.75) is 50.2 Å². The second-order valence-electron chi connectivity index (χ2n) is 8.84. The third-order valence-electron chi connectivity index (χ3n) is 6.47. The summed E-state index contributed by atoms with van der Waals surface area (Å²) >= 11 is 0. The zero-order valence-electron chi connectivity index (χ0n) is 20.5. The highest BCUT2D eigenvalue weighted by molar-refractivity contribution is 5.28. The van der Waals surface area contributed by atoms with E-state index < -0.39 is 30.9 Å². The molecule has 0 N–H and O–H groups in total. The van der Waals surface area contributed by atoms with Crippen molar-refractivity contribution in [3.63, 3.8) is 0 Å². The normalized spacial score (nSPS) is 27.8. The first-order valence-electron chi connectivity index (χ1n) is 12.2. The van der Waals surface area contributed by atoms with Crippen LogP contribution < -0.4 is 4.74 Å². The first-order valence-corrected chi connectivity index (χ1v) is 12.2. The van der Waals surface area contributed by atoms with E-state index in [9.17, 15) is 0 Å². The minimum absolute atomic E-state index is 0.345. The van der Waals surface area contributed by atoms with Gasteiger partial charge >= 0.3 is 0 Å². The van der Waals surface area contributed by atoms with Crippen LogP contribution in [0.1, 0.15) is 23.0 Å². The average Bonchev–Trinajstić information content (AvgIpc) is 2.95. The van der Waals surface area contributed by atoms with E-state index in [0.29, 0.717) is 19.8 Å². The van der Waals surface area contributed by atoms with Gasteiger partial charge in [-0.15, -0.1) is 0 Å². The summed E-state index contributed by atoms with van der Waals surface area (Å²) in [7, 11) is 3.26. The van der Waals surface area contributed by atoms with Gasteiger partial charge in [0.2, 0.25) is 0 Å². The van der Waals surface area contributed by atoms with Gasteiger partial charge in [-0.3, -0.25) is 0 Å². The summed E-state index contributed by atoms with van der Waals surface area (Å²) in [5.74, 6) is 0.773.